The van der Waals surface area contributed by atoms with Crippen LogP contribution in [0.3, 0.4) is 0 Å². The first-order valence-electron chi connectivity index (χ1n) is 8.00. The molecule has 0 aromatic carbocycles. The Bertz CT molecular complexity index is 225. The summed E-state index contributed by atoms with van der Waals surface area (Å²) in [6.45, 7) is 16.6. The number of nitrogens with zero attached hydrogens (tertiary/aromatic N) is 1. The van der Waals surface area contributed by atoms with Crippen molar-refractivity contribution >= 4 is 0 Å². The van der Waals surface area contributed by atoms with Gasteiger partial charge in [0.05, 0.1) is 0 Å². The maximum absolute atomic E-state index is 3.74. The van der Waals surface area contributed by atoms with E-state index in [1.165, 1.54) is 45.3 Å². The van der Waals surface area contributed by atoms with Crippen LogP contribution in [0.2, 0.25) is 0 Å². The van der Waals surface area contributed by atoms with Crippen LogP contribution in [0, 0.1) is 11.3 Å². The van der Waals surface area contributed by atoms with Crippen LogP contribution in [0.4, 0.5) is 0 Å². The average Bonchev–Trinajstić information content (AvgIpc) is 2.62. The lowest BCUT2D eigenvalue weighted by atomic mass is 9.84. The molecule has 108 valence electrons. The number of hydrogen-bond acceptors (Lipinski definition) is 2. The molecule has 0 radical (unpaired) electrons. The summed E-state index contributed by atoms with van der Waals surface area (Å²) in [6, 6.07) is 0.707. The second kappa shape index (κ2) is 7.49. The molecule has 1 aliphatic rings. The first-order valence-corrected chi connectivity index (χ1v) is 8.00. The molecule has 0 aliphatic heterocycles. The molecule has 0 amide bonds. The summed E-state index contributed by atoms with van der Waals surface area (Å²) in [4.78, 5) is 2.65. The van der Waals surface area contributed by atoms with Crippen LogP contribution >= 0.6 is 0 Å². The lowest BCUT2D eigenvalue weighted by Gasteiger charge is -2.34. The van der Waals surface area contributed by atoms with Gasteiger partial charge < -0.3 is 10.2 Å². The first-order chi connectivity index (χ1) is 8.55. The van der Waals surface area contributed by atoms with Gasteiger partial charge in [0.15, 0.2) is 0 Å². The van der Waals surface area contributed by atoms with Gasteiger partial charge in [-0.2, -0.15) is 0 Å². The van der Waals surface area contributed by atoms with E-state index in [0.29, 0.717) is 11.5 Å². The second-order valence-corrected chi connectivity index (χ2v) is 6.57. The van der Waals surface area contributed by atoms with E-state index in [9.17, 15) is 0 Å². The van der Waals surface area contributed by atoms with Crippen molar-refractivity contribution in [3.8, 4) is 0 Å². The lowest BCUT2D eigenvalue weighted by Crippen LogP contribution is -2.45. The van der Waals surface area contributed by atoms with Gasteiger partial charge in [0.2, 0.25) is 0 Å². The van der Waals surface area contributed by atoms with Crippen molar-refractivity contribution in [2.45, 2.75) is 66.3 Å². The summed E-state index contributed by atoms with van der Waals surface area (Å²) in [5, 5.41) is 3.74. The van der Waals surface area contributed by atoms with Crippen LogP contribution in [0.5, 0.6) is 0 Å². The Morgan fingerprint density at radius 3 is 2.50 bits per heavy atom. The first kappa shape index (κ1) is 16.0. The molecule has 2 heteroatoms. The van der Waals surface area contributed by atoms with Crippen molar-refractivity contribution in [3.63, 3.8) is 0 Å². The molecule has 0 bridgehead atoms. The predicted molar refractivity (Wildman–Crippen MR) is 81.0 cm³/mol. The normalized spacial score (nSPS) is 27.0. The van der Waals surface area contributed by atoms with E-state index in [0.717, 1.165) is 12.5 Å². The molecule has 1 N–H and O–H groups in total. The zero-order chi connectivity index (χ0) is 13.6. The molecular formula is C16H34N2. The summed E-state index contributed by atoms with van der Waals surface area (Å²) in [5.74, 6) is 0.844. The molecule has 1 aliphatic carbocycles. The monoisotopic (exact) mass is 254 g/mol. The third kappa shape index (κ3) is 4.24. The summed E-state index contributed by atoms with van der Waals surface area (Å²) in [5.41, 5.74) is 0.477. The fourth-order valence-corrected chi connectivity index (χ4v) is 3.47. The quantitative estimate of drug-likeness (QED) is 0.713. The molecule has 2 nitrogen and oxygen atoms in total. The molecule has 18 heavy (non-hydrogen) atoms. The van der Waals surface area contributed by atoms with Gasteiger partial charge >= 0.3 is 0 Å². The molecule has 0 aromatic heterocycles. The maximum Gasteiger partial charge on any atom is 0.0159 e. The van der Waals surface area contributed by atoms with Crippen LogP contribution in [0.25, 0.3) is 0 Å². The van der Waals surface area contributed by atoms with Gasteiger partial charge in [-0.15, -0.1) is 0 Å². The summed E-state index contributed by atoms with van der Waals surface area (Å²) in [6.07, 6.45) is 5.42. The second-order valence-electron chi connectivity index (χ2n) is 6.57. The van der Waals surface area contributed by atoms with Crippen LogP contribution in [0.1, 0.15) is 60.3 Å². The van der Waals surface area contributed by atoms with Gasteiger partial charge in [-0.3, -0.25) is 0 Å². The molecule has 0 spiro atoms. The summed E-state index contributed by atoms with van der Waals surface area (Å²) >= 11 is 0. The molecule has 0 saturated heterocycles. The Hall–Kier alpha value is -0.0800. The van der Waals surface area contributed by atoms with Crippen LogP contribution in [-0.4, -0.2) is 37.1 Å². The molecule has 0 heterocycles. The van der Waals surface area contributed by atoms with E-state index in [2.05, 4.69) is 44.8 Å². The predicted octanol–water partition coefficient (Wildman–Crippen LogP) is 3.52. The van der Waals surface area contributed by atoms with E-state index in [1.807, 2.05) is 0 Å². The Morgan fingerprint density at radius 1 is 1.22 bits per heavy atom. The van der Waals surface area contributed by atoms with Gasteiger partial charge in [0.1, 0.15) is 0 Å². The van der Waals surface area contributed by atoms with Crippen molar-refractivity contribution in [3.05, 3.63) is 0 Å². The Balaban J connectivity index is 2.53. The molecule has 1 saturated carbocycles. The minimum atomic E-state index is 0.477. The summed E-state index contributed by atoms with van der Waals surface area (Å²) in [7, 11) is 0. The molecule has 2 atom stereocenters. The molecule has 1 fully saturated rings. The number of hydrogen-bond donors (Lipinski definition) is 1. The molecule has 1 rings (SSSR count). The minimum Gasteiger partial charge on any atom is -0.313 e. The largest absolute Gasteiger partial charge is 0.313 e. The lowest BCUT2D eigenvalue weighted by molar-refractivity contribution is 0.188. The van der Waals surface area contributed by atoms with E-state index in [-0.39, 0.29) is 0 Å². The van der Waals surface area contributed by atoms with Gasteiger partial charge in [-0.05, 0) is 50.2 Å². The van der Waals surface area contributed by atoms with Crippen LogP contribution in [0.15, 0.2) is 0 Å². The van der Waals surface area contributed by atoms with Crippen molar-refractivity contribution in [2.24, 2.45) is 11.3 Å². The highest BCUT2D eigenvalue weighted by Gasteiger charge is 2.41. The van der Waals surface area contributed by atoms with Gasteiger partial charge in [-0.1, -0.05) is 41.0 Å². The van der Waals surface area contributed by atoms with Crippen LogP contribution in [-0.2, 0) is 0 Å². The highest BCUT2D eigenvalue weighted by Crippen LogP contribution is 2.41. The number of rotatable bonds is 8. The average molecular weight is 254 g/mol. The maximum atomic E-state index is 3.74. The van der Waals surface area contributed by atoms with Gasteiger partial charge in [0, 0.05) is 12.6 Å². The van der Waals surface area contributed by atoms with Crippen molar-refractivity contribution in [2.75, 3.05) is 26.2 Å². The third-order valence-electron chi connectivity index (χ3n) is 4.66. The van der Waals surface area contributed by atoms with E-state index in [4.69, 9.17) is 0 Å². The molecule has 2 unspecified atom stereocenters. The fourth-order valence-electron chi connectivity index (χ4n) is 3.47. The van der Waals surface area contributed by atoms with Crippen LogP contribution < -0.4 is 5.32 Å². The minimum absolute atomic E-state index is 0.477. The van der Waals surface area contributed by atoms with Gasteiger partial charge in [0.25, 0.3) is 0 Å². The highest BCUT2D eigenvalue weighted by atomic mass is 15.1. The van der Waals surface area contributed by atoms with Crippen molar-refractivity contribution in [1.82, 2.24) is 10.2 Å². The van der Waals surface area contributed by atoms with E-state index < -0.39 is 0 Å². The molecular weight excluding hydrogens is 220 g/mol. The highest BCUT2D eigenvalue weighted by molar-refractivity contribution is 4.96. The SMILES string of the molecule is CCCCN(CC)CC1CCC(C)(C)C1NCC. The Labute approximate surface area is 115 Å². The fraction of sp³-hybridized carbons (Fsp3) is 1.00. The number of nitrogens with one attached hydrogen (secondary N) is 1. The zero-order valence-corrected chi connectivity index (χ0v) is 13.3. The molecule has 0 aromatic rings. The zero-order valence-electron chi connectivity index (χ0n) is 13.3. The van der Waals surface area contributed by atoms with E-state index in [1.54, 1.807) is 0 Å². The van der Waals surface area contributed by atoms with Crippen molar-refractivity contribution < 1.29 is 0 Å². The Kier molecular flexibility index (Phi) is 6.65. The number of unbranched alkanes of at least 4 members (excludes halogenated alkanes) is 1. The van der Waals surface area contributed by atoms with E-state index >= 15 is 0 Å². The topological polar surface area (TPSA) is 15.3 Å². The van der Waals surface area contributed by atoms with Crippen molar-refractivity contribution in [1.29, 1.82) is 0 Å². The standard InChI is InChI=1S/C16H34N2/c1-6-9-12-18(8-3)13-14-10-11-16(4,5)15(14)17-7-2/h14-15,17H,6-13H2,1-5H3. The third-order valence-corrected chi connectivity index (χ3v) is 4.66. The smallest absolute Gasteiger partial charge is 0.0159 e. The Morgan fingerprint density at radius 2 is 1.94 bits per heavy atom. The van der Waals surface area contributed by atoms with Gasteiger partial charge in [-0.25, -0.2) is 0 Å². The summed E-state index contributed by atoms with van der Waals surface area (Å²) < 4.78 is 0.